The fourth-order valence-corrected chi connectivity index (χ4v) is 4.35. The van der Waals surface area contributed by atoms with Crippen LogP contribution in [0.5, 0.6) is 23.4 Å². The number of halogens is 1. The highest BCUT2D eigenvalue weighted by Gasteiger charge is 2.26. The van der Waals surface area contributed by atoms with E-state index >= 15 is 0 Å². The first-order chi connectivity index (χ1) is 13.2. The van der Waals surface area contributed by atoms with E-state index < -0.39 is 21.2 Å². The van der Waals surface area contributed by atoms with Crippen LogP contribution >= 0.6 is 0 Å². The summed E-state index contributed by atoms with van der Waals surface area (Å²) in [5.41, 5.74) is 2.13. The molecule has 0 bridgehead atoms. The quantitative estimate of drug-likeness (QED) is 0.404. The standard InChI is InChI=1S/C22H18IO4/c1-15-7-3-5-9-17(15)24-21-13-11-19(26-21)23-20-12-14-22(27-20)25-18-10-6-4-8-16(18)2/h3-14H,1-2H3/q+1. The number of aryl methyl sites for hydroxylation is 2. The first-order valence-electron chi connectivity index (χ1n) is 8.49. The van der Waals surface area contributed by atoms with E-state index in [2.05, 4.69) is 0 Å². The summed E-state index contributed by atoms with van der Waals surface area (Å²) in [6.45, 7) is 4.01. The van der Waals surface area contributed by atoms with Gasteiger partial charge in [0.2, 0.25) is 0 Å². The van der Waals surface area contributed by atoms with Crippen molar-refractivity contribution in [2.24, 2.45) is 0 Å². The molecule has 2 aromatic carbocycles. The van der Waals surface area contributed by atoms with Crippen LogP contribution in [0.4, 0.5) is 0 Å². The van der Waals surface area contributed by atoms with Crippen molar-refractivity contribution in [3.8, 4) is 23.4 Å². The highest BCUT2D eigenvalue weighted by molar-refractivity contribution is 5.35. The van der Waals surface area contributed by atoms with Crippen molar-refractivity contribution in [2.45, 2.75) is 13.8 Å². The molecule has 4 nitrogen and oxygen atoms in total. The molecular weight excluding hydrogens is 455 g/mol. The molecule has 0 spiro atoms. The molecule has 0 fully saturated rings. The van der Waals surface area contributed by atoms with Gasteiger partial charge in [-0.05, 0) is 37.1 Å². The summed E-state index contributed by atoms with van der Waals surface area (Å²) in [6, 6.07) is 23.3. The predicted molar refractivity (Wildman–Crippen MR) is 97.3 cm³/mol. The molecule has 0 aliphatic heterocycles. The van der Waals surface area contributed by atoms with E-state index in [1.807, 2.05) is 86.6 Å². The Balaban J connectivity index is 1.42. The fourth-order valence-electron chi connectivity index (χ4n) is 2.46. The molecular formula is C22H18IO4+. The van der Waals surface area contributed by atoms with Crippen LogP contribution in [0.2, 0.25) is 0 Å². The lowest BCUT2D eigenvalue weighted by atomic mass is 10.2. The highest BCUT2D eigenvalue weighted by Crippen LogP contribution is 2.25. The molecule has 0 amide bonds. The lowest BCUT2D eigenvalue weighted by molar-refractivity contribution is -0.636. The van der Waals surface area contributed by atoms with E-state index in [9.17, 15) is 0 Å². The van der Waals surface area contributed by atoms with Crippen LogP contribution in [0.15, 0.2) is 81.6 Å². The van der Waals surface area contributed by atoms with Gasteiger partial charge >= 0.3 is 28.7 Å². The third-order valence-electron chi connectivity index (χ3n) is 3.89. The summed E-state index contributed by atoms with van der Waals surface area (Å²) < 4.78 is 25.0. The molecule has 0 atom stereocenters. The SMILES string of the molecule is Cc1ccccc1Oc1ccc([I+]c2ccc(Oc3ccccc3C)o2)o1. The average Bonchev–Trinajstić information content (AvgIpc) is 3.29. The van der Waals surface area contributed by atoms with Gasteiger partial charge in [-0.25, -0.2) is 0 Å². The zero-order chi connectivity index (χ0) is 18.6. The topological polar surface area (TPSA) is 44.7 Å². The Hall–Kier alpha value is -2.67. The normalized spacial score (nSPS) is 10.7. The molecule has 0 aliphatic carbocycles. The Kier molecular flexibility index (Phi) is 5.20. The van der Waals surface area contributed by atoms with Gasteiger partial charge in [0.1, 0.15) is 11.5 Å². The molecule has 0 saturated carbocycles. The van der Waals surface area contributed by atoms with Gasteiger partial charge < -0.3 is 18.3 Å². The van der Waals surface area contributed by atoms with E-state index in [4.69, 9.17) is 18.3 Å². The average molecular weight is 473 g/mol. The maximum absolute atomic E-state index is 5.82. The number of rotatable bonds is 6. The minimum absolute atomic E-state index is 0.488. The number of furan rings is 2. The van der Waals surface area contributed by atoms with E-state index in [1.54, 1.807) is 0 Å². The van der Waals surface area contributed by atoms with Gasteiger partial charge in [0.05, 0.1) is 0 Å². The monoisotopic (exact) mass is 473 g/mol. The molecule has 0 aliphatic rings. The molecule has 136 valence electrons. The molecule has 0 saturated heterocycles. The van der Waals surface area contributed by atoms with Crippen LogP contribution < -0.4 is 30.7 Å². The predicted octanol–water partition coefficient (Wildman–Crippen LogP) is 3.20. The zero-order valence-electron chi connectivity index (χ0n) is 14.9. The first-order valence-corrected chi connectivity index (χ1v) is 10.6. The molecule has 5 heteroatoms. The van der Waals surface area contributed by atoms with E-state index in [-0.39, 0.29) is 0 Å². The summed E-state index contributed by atoms with van der Waals surface area (Å²) in [7, 11) is 0. The molecule has 0 unspecified atom stereocenters. The van der Waals surface area contributed by atoms with Crippen LogP contribution in [-0.4, -0.2) is 0 Å². The van der Waals surface area contributed by atoms with Gasteiger partial charge in [-0.15, -0.1) is 0 Å². The second-order valence-corrected chi connectivity index (χ2v) is 8.61. The van der Waals surface area contributed by atoms with Gasteiger partial charge in [-0.2, -0.15) is 0 Å². The fraction of sp³-hybridized carbons (Fsp3) is 0.0909. The summed E-state index contributed by atoms with van der Waals surface area (Å²) >= 11 is -0.591. The molecule has 27 heavy (non-hydrogen) atoms. The lowest BCUT2D eigenvalue weighted by Crippen LogP contribution is -3.61. The van der Waals surface area contributed by atoms with Gasteiger partial charge in [0.25, 0.3) is 11.9 Å². The molecule has 4 rings (SSSR count). The molecule has 2 heterocycles. The molecule has 4 aromatic rings. The van der Waals surface area contributed by atoms with Gasteiger partial charge in [-0.3, -0.25) is 0 Å². The Labute approximate surface area is 168 Å². The molecule has 0 radical (unpaired) electrons. The Morgan fingerprint density at radius 3 is 1.48 bits per heavy atom. The van der Waals surface area contributed by atoms with Crippen molar-refractivity contribution in [3.05, 3.63) is 91.5 Å². The largest absolute Gasteiger partial charge is 0.443 e. The summed E-state index contributed by atoms with van der Waals surface area (Å²) in [4.78, 5) is 0. The maximum Gasteiger partial charge on any atom is 0.443 e. The van der Waals surface area contributed by atoms with Gasteiger partial charge in [0, 0.05) is 24.3 Å². The van der Waals surface area contributed by atoms with Crippen LogP contribution in [0, 0.1) is 21.4 Å². The van der Waals surface area contributed by atoms with Crippen molar-refractivity contribution >= 4 is 0 Å². The van der Waals surface area contributed by atoms with E-state index in [0.717, 1.165) is 30.2 Å². The van der Waals surface area contributed by atoms with Crippen molar-refractivity contribution in [3.63, 3.8) is 0 Å². The zero-order valence-corrected chi connectivity index (χ0v) is 17.1. The number of ether oxygens (including phenoxy) is 2. The number of hydrogen-bond donors (Lipinski definition) is 0. The van der Waals surface area contributed by atoms with Crippen molar-refractivity contribution < 1.29 is 39.5 Å². The lowest BCUT2D eigenvalue weighted by Gasteiger charge is -2.04. The second-order valence-electron chi connectivity index (χ2n) is 5.95. The first kappa shape index (κ1) is 17.7. The molecule has 2 aromatic heterocycles. The third-order valence-corrected chi connectivity index (χ3v) is 6.11. The Morgan fingerprint density at radius 2 is 1.04 bits per heavy atom. The number of benzene rings is 2. The van der Waals surface area contributed by atoms with E-state index in [0.29, 0.717) is 11.9 Å². The highest BCUT2D eigenvalue weighted by atomic mass is 127. The Bertz CT molecular complexity index is 964. The van der Waals surface area contributed by atoms with Gasteiger partial charge in [-0.1, -0.05) is 36.4 Å². The van der Waals surface area contributed by atoms with Gasteiger partial charge in [0.15, 0.2) is 0 Å². The van der Waals surface area contributed by atoms with Crippen molar-refractivity contribution in [2.75, 3.05) is 0 Å². The second kappa shape index (κ2) is 7.92. The van der Waals surface area contributed by atoms with Crippen LogP contribution in [-0.2, 0) is 0 Å². The maximum atomic E-state index is 5.82. The summed E-state index contributed by atoms with van der Waals surface area (Å²) in [5.74, 6) is 2.57. The van der Waals surface area contributed by atoms with Crippen molar-refractivity contribution in [1.29, 1.82) is 0 Å². The smallest absolute Gasteiger partial charge is 0.426 e. The van der Waals surface area contributed by atoms with Crippen LogP contribution in [0.1, 0.15) is 11.1 Å². The summed E-state index contributed by atoms with van der Waals surface area (Å²) in [6.07, 6.45) is 0. The molecule has 0 N–H and O–H groups in total. The van der Waals surface area contributed by atoms with Crippen molar-refractivity contribution in [1.82, 2.24) is 0 Å². The Morgan fingerprint density at radius 1 is 0.593 bits per heavy atom. The summed E-state index contributed by atoms with van der Waals surface area (Å²) in [5, 5.41) is 0. The number of hydrogen-bond acceptors (Lipinski definition) is 4. The third kappa shape index (κ3) is 4.36. The van der Waals surface area contributed by atoms with Crippen LogP contribution in [0.3, 0.4) is 0 Å². The van der Waals surface area contributed by atoms with E-state index in [1.165, 1.54) is 0 Å². The minimum Gasteiger partial charge on any atom is -0.426 e. The minimum atomic E-state index is -0.591. The number of para-hydroxylation sites is 2. The van der Waals surface area contributed by atoms with Crippen LogP contribution in [0.25, 0.3) is 0 Å².